The molecule has 92 valence electrons. The third kappa shape index (κ3) is 19.7. The van der Waals surface area contributed by atoms with Gasteiger partial charge in [0.1, 0.15) is 0 Å². The zero-order valence-corrected chi connectivity index (χ0v) is 10.7. The fourth-order valence-corrected chi connectivity index (χ4v) is 0.636. The molecule has 0 spiro atoms. The van der Waals surface area contributed by atoms with Crippen LogP contribution in [0, 0.1) is 5.92 Å². The third-order valence-electron chi connectivity index (χ3n) is 1.82. The molecule has 4 nitrogen and oxygen atoms in total. The van der Waals surface area contributed by atoms with Crippen LogP contribution in [0.25, 0.3) is 0 Å². The minimum atomic E-state index is 0.0417. The second-order valence-corrected chi connectivity index (χ2v) is 4.53. The minimum Gasteiger partial charge on any atom is -0.379 e. The van der Waals surface area contributed by atoms with Gasteiger partial charge >= 0.3 is 0 Å². The van der Waals surface area contributed by atoms with Crippen LogP contribution in [-0.2, 0) is 9.53 Å². The molecule has 0 rings (SSSR count). The quantitative estimate of drug-likeness (QED) is 0.680. The lowest BCUT2D eigenvalue weighted by Gasteiger charge is -2.14. The molecule has 0 aromatic rings. The van der Waals surface area contributed by atoms with E-state index < -0.39 is 0 Å². The Balaban J connectivity index is 0. The molecule has 0 aromatic heterocycles. The molecule has 0 radical (unpaired) electrons. The number of nitrogens with one attached hydrogen (secondary N) is 1. The Morgan fingerprint density at radius 1 is 1.47 bits per heavy atom. The summed E-state index contributed by atoms with van der Waals surface area (Å²) in [6.45, 7) is 9.55. The van der Waals surface area contributed by atoms with Crippen molar-refractivity contribution in [3.63, 3.8) is 0 Å². The monoisotopic (exact) mass is 218 g/mol. The Morgan fingerprint density at radius 2 is 1.93 bits per heavy atom. The van der Waals surface area contributed by atoms with Crippen LogP contribution in [0.5, 0.6) is 0 Å². The highest BCUT2D eigenvalue weighted by atomic mass is 16.5. The second-order valence-electron chi connectivity index (χ2n) is 4.53. The number of amides is 1. The van der Waals surface area contributed by atoms with Crippen LogP contribution in [0.3, 0.4) is 0 Å². The van der Waals surface area contributed by atoms with Crippen molar-refractivity contribution in [1.29, 1.82) is 0 Å². The fraction of sp³-hybridized carbons (Fsp3) is 0.909. The highest BCUT2D eigenvalue weighted by molar-refractivity contribution is 5.45. The smallest absolute Gasteiger partial charge is 0.207 e. The third-order valence-corrected chi connectivity index (χ3v) is 1.82. The molecule has 0 saturated heterocycles. The van der Waals surface area contributed by atoms with E-state index in [9.17, 15) is 4.79 Å². The maximum atomic E-state index is 9.77. The van der Waals surface area contributed by atoms with E-state index in [0.29, 0.717) is 18.9 Å². The summed E-state index contributed by atoms with van der Waals surface area (Å²) in [6, 6.07) is 0. The van der Waals surface area contributed by atoms with Crippen LogP contribution in [-0.4, -0.2) is 32.2 Å². The summed E-state index contributed by atoms with van der Waals surface area (Å²) in [5.41, 5.74) is 5.33. The summed E-state index contributed by atoms with van der Waals surface area (Å²) in [6.07, 6.45) is 1.69. The first-order valence-corrected chi connectivity index (χ1v) is 5.29. The molecule has 0 unspecified atom stereocenters. The van der Waals surface area contributed by atoms with Crippen LogP contribution >= 0.6 is 0 Å². The Bertz CT molecular complexity index is 144. The van der Waals surface area contributed by atoms with Crippen LogP contribution in [0.2, 0.25) is 0 Å². The van der Waals surface area contributed by atoms with E-state index in [4.69, 9.17) is 10.5 Å². The molecular weight excluding hydrogens is 192 g/mol. The Morgan fingerprint density at radius 3 is 2.20 bits per heavy atom. The largest absolute Gasteiger partial charge is 0.379 e. The number of nitrogens with two attached hydrogens (primary N) is 1. The van der Waals surface area contributed by atoms with Gasteiger partial charge in [-0.3, -0.25) is 4.79 Å². The van der Waals surface area contributed by atoms with Gasteiger partial charge in [-0.2, -0.15) is 0 Å². The van der Waals surface area contributed by atoms with Gasteiger partial charge in [-0.1, -0.05) is 6.92 Å². The van der Waals surface area contributed by atoms with Crippen molar-refractivity contribution in [2.75, 3.05) is 20.2 Å². The number of carbonyl (C=O) groups is 1. The van der Waals surface area contributed by atoms with Crippen molar-refractivity contribution >= 4 is 6.41 Å². The molecule has 0 aliphatic rings. The number of methoxy groups -OCH3 is 1. The summed E-state index contributed by atoms with van der Waals surface area (Å²) in [5, 5.41) is 2.60. The molecule has 1 amide bonds. The number of ether oxygens (including phenoxy) is 1. The second kappa shape index (κ2) is 9.93. The summed E-state index contributed by atoms with van der Waals surface area (Å²) >= 11 is 0. The first kappa shape index (κ1) is 16.8. The average molecular weight is 218 g/mol. The van der Waals surface area contributed by atoms with Crippen molar-refractivity contribution in [1.82, 2.24) is 5.32 Å². The zero-order valence-electron chi connectivity index (χ0n) is 10.7. The Kier molecular flexibility index (Phi) is 11.1. The van der Waals surface area contributed by atoms with Crippen molar-refractivity contribution < 1.29 is 9.53 Å². The maximum Gasteiger partial charge on any atom is 0.207 e. The normalized spacial score (nSPS) is 12.4. The van der Waals surface area contributed by atoms with Crippen LogP contribution in [0.15, 0.2) is 0 Å². The number of hydrogen-bond donors (Lipinski definition) is 2. The standard InChI is InChI=1S/C6H14N2O.C5H12O/c1-6(2-3-7)4-8-5-9;1-5(2,3)6-4/h5-6H,2-4,7H2,1H3,(H,8,9);1-4H3/t6-;/m1./s1. The summed E-state index contributed by atoms with van der Waals surface area (Å²) in [7, 11) is 1.71. The Labute approximate surface area is 93.6 Å². The number of hydrogen-bond acceptors (Lipinski definition) is 3. The van der Waals surface area contributed by atoms with Gasteiger partial charge in [-0.05, 0) is 39.7 Å². The van der Waals surface area contributed by atoms with E-state index in [0.717, 1.165) is 13.0 Å². The van der Waals surface area contributed by atoms with Crippen LogP contribution in [0.1, 0.15) is 34.1 Å². The lowest BCUT2D eigenvalue weighted by molar-refractivity contribution is -0.109. The molecule has 1 atom stereocenters. The molecule has 4 heteroatoms. The minimum absolute atomic E-state index is 0.0417. The van der Waals surface area contributed by atoms with Gasteiger partial charge < -0.3 is 15.8 Å². The molecule has 0 aromatic carbocycles. The van der Waals surface area contributed by atoms with Gasteiger partial charge in [0.15, 0.2) is 0 Å². The van der Waals surface area contributed by atoms with Crippen molar-refractivity contribution in [2.45, 2.75) is 39.7 Å². The van der Waals surface area contributed by atoms with Gasteiger partial charge in [0.05, 0.1) is 5.60 Å². The SMILES string of the molecule is COC(C)(C)C.C[C@H](CCN)CNC=O. The van der Waals surface area contributed by atoms with E-state index in [2.05, 4.69) is 12.2 Å². The van der Waals surface area contributed by atoms with Gasteiger partial charge in [-0.15, -0.1) is 0 Å². The lowest BCUT2D eigenvalue weighted by Crippen LogP contribution is -2.21. The van der Waals surface area contributed by atoms with Crippen molar-refractivity contribution in [3.8, 4) is 0 Å². The summed E-state index contributed by atoms with van der Waals surface area (Å²) in [5.74, 6) is 0.500. The van der Waals surface area contributed by atoms with E-state index in [1.807, 2.05) is 20.8 Å². The highest BCUT2D eigenvalue weighted by Crippen LogP contribution is 2.02. The molecular formula is C11H26N2O2. The van der Waals surface area contributed by atoms with Crippen molar-refractivity contribution in [2.24, 2.45) is 11.7 Å². The molecule has 0 bridgehead atoms. The summed E-state index contributed by atoms with van der Waals surface area (Å²) in [4.78, 5) is 9.77. The topological polar surface area (TPSA) is 64.3 Å². The molecule has 0 aliphatic carbocycles. The fourth-order valence-electron chi connectivity index (χ4n) is 0.636. The first-order valence-electron chi connectivity index (χ1n) is 5.29. The zero-order chi connectivity index (χ0) is 12.3. The molecule has 0 aliphatic heterocycles. The maximum absolute atomic E-state index is 9.77. The first-order chi connectivity index (χ1) is 6.87. The predicted octanol–water partition coefficient (Wildman–Crippen LogP) is 1.15. The van der Waals surface area contributed by atoms with Crippen molar-refractivity contribution in [3.05, 3.63) is 0 Å². The van der Waals surface area contributed by atoms with Gasteiger partial charge in [-0.25, -0.2) is 0 Å². The molecule has 3 N–H and O–H groups in total. The van der Waals surface area contributed by atoms with Crippen LogP contribution < -0.4 is 11.1 Å². The molecule has 0 saturated carbocycles. The highest BCUT2D eigenvalue weighted by Gasteiger charge is 2.04. The molecule has 0 fully saturated rings. The Hall–Kier alpha value is -0.610. The van der Waals surface area contributed by atoms with E-state index in [-0.39, 0.29) is 5.60 Å². The van der Waals surface area contributed by atoms with E-state index >= 15 is 0 Å². The number of rotatable bonds is 5. The average Bonchev–Trinajstić information content (AvgIpc) is 2.15. The molecule has 0 heterocycles. The molecule has 15 heavy (non-hydrogen) atoms. The van der Waals surface area contributed by atoms with Gasteiger partial charge in [0.2, 0.25) is 6.41 Å². The van der Waals surface area contributed by atoms with Gasteiger partial charge in [0, 0.05) is 13.7 Å². The van der Waals surface area contributed by atoms with Crippen LogP contribution in [0.4, 0.5) is 0 Å². The number of carbonyl (C=O) groups excluding carboxylic acids is 1. The van der Waals surface area contributed by atoms with E-state index in [1.165, 1.54) is 0 Å². The van der Waals surface area contributed by atoms with E-state index in [1.54, 1.807) is 7.11 Å². The summed E-state index contributed by atoms with van der Waals surface area (Å²) < 4.78 is 4.94. The van der Waals surface area contributed by atoms with Gasteiger partial charge in [0.25, 0.3) is 0 Å². The lowest BCUT2D eigenvalue weighted by atomic mass is 10.1. The predicted molar refractivity (Wildman–Crippen MR) is 63.7 cm³/mol.